The molecule has 0 aliphatic rings. The van der Waals surface area contributed by atoms with Gasteiger partial charge < -0.3 is 14.8 Å². The molecule has 0 radical (unpaired) electrons. The number of rotatable bonds is 10. The predicted octanol–water partition coefficient (Wildman–Crippen LogP) is 2.50. The Balaban J connectivity index is 3.09. The van der Waals surface area contributed by atoms with Crippen LogP contribution in [0.25, 0.3) is 0 Å². The quantitative estimate of drug-likeness (QED) is 0.510. The molecule has 1 rings (SSSR count). The summed E-state index contributed by atoms with van der Waals surface area (Å²) in [5.74, 6) is -2.95. The fourth-order valence-electron chi connectivity index (χ4n) is 2.77. The molecule has 2 atom stereocenters. The van der Waals surface area contributed by atoms with E-state index in [2.05, 4.69) is 5.32 Å². The third kappa shape index (κ3) is 6.50. The monoisotopic (exact) mass is 363 g/mol. The van der Waals surface area contributed by atoms with Crippen LogP contribution in [0.1, 0.15) is 39.7 Å². The summed E-state index contributed by atoms with van der Waals surface area (Å²) in [5, 5.41) is 2.93. The van der Waals surface area contributed by atoms with Gasteiger partial charge in [0.25, 0.3) is 0 Å². The molecule has 6 heteroatoms. The van der Waals surface area contributed by atoms with Crippen molar-refractivity contribution in [3.8, 4) is 0 Å². The molecule has 0 fully saturated rings. The molecule has 1 N–H and O–H groups in total. The van der Waals surface area contributed by atoms with Crippen molar-refractivity contribution in [2.75, 3.05) is 13.2 Å². The van der Waals surface area contributed by atoms with E-state index in [0.29, 0.717) is 12.8 Å². The van der Waals surface area contributed by atoms with Crippen LogP contribution in [-0.4, -0.2) is 37.1 Å². The van der Waals surface area contributed by atoms with Gasteiger partial charge in [0.1, 0.15) is 0 Å². The first kappa shape index (κ1) is 21.7. The number of benzene rings is 1. The summed E-state index contributed by atoms with van der Waals surface area (Å²) < 4.78 is 10.1. The molecule has 1 aromatic rings. The topological polar surface area (TPSA) is 81.7 Å². The molecule has 6 nitrogen and oxygen atoms in total. The van der Waals surface area contributed by atoms with Crippen LogP contribution >= 0.6 is 0 Å². The van der Waals surface area contributed by atoms with E-state index in [0.717, 1.165) is 5.56 Å². The van der Waals surface area contributed by atoms with E-state index in [-0.39, 0.29) is 19.1 Å². The highest BCUT2D eigenvalue weighted by molar-refractivity contribution is 5.95. The SMILES string of the molecule is CCOC(=O)C(C(=O)OCC)C(C)C(Cc1ccccc1)NC(=O)CC. The van der Waals surface area contributed by atoms with Crippen molar-refractivity contribution in [2.24, 2.45) is 11.8 Å². The van der Waals surface area contributed by atoms with E-state index in [1.54, 1.807) is 27.7 Å². The minimum atomic E-state index is -1.08. The summed E-state index contributed by atoms with van der Waals surface area (Å²) in [7, 11) is 0. The Bertz CT molecular complexity index is 569. The Morgan fingerprint density at radius 3 is 1.96 bits per heavy atom. The van der Waals surface area contributed by atoms with Crippen LogP contribution < -0.4 is 5.32 Å². The molecule has 0 aliphatic heterocycles. The summed E-state index contributed by atoms with van der Waals surface area (Å²) in [5.41, 5.74) is 1.01. The van der Waals surface area contributed by atoms with Crippen molar-refractivity contribution in [1.82, 2.24) is 5.32 Å². The van der Waals surface area contributed by atoms with Gasteiger partial charge in [0.05, 0.1) is 13.2 Å². The zero-order valence-electron chi connectivity index (χ0n) is 16.0. The number of esters is 2. The molecule has 0 saturated carbocycles. The number of carbonyl (C=O) groups is 3. The second kappa shape index (κ2) is 11.3. The molecule has 26 heavy (non-hydrogen) atoms. The van der Waals surface area contributed by atoms with E-state index < -0.39 is 29.8 Å². The minimum absolute atomic E-state index is 0.135. The standard InChI is InChI=1S/C20H29NO5/c1-5-17(22)21-16(13-15-11-9-8-10-12-15)14(4)18(19(23)25-6-2)20(24)26-7-3/h8-12,14,16,18H,5-7,13H2,1-4H3,(H,21,22). The van der Waals surface area contributed by atoms with E-state index in [9.17, 15) is 14.4 Å². The van der Waals surface area contributed by atoms with Gasteiger partial charge in [0.2, 0.25) is 5.91 Å². The Kier molecular flexibility index (Phi) is 9.41. The Morgan fingerprint density at radius 1 is 0.962 bits per heavy atom. The number of ether oxygens (including phenoxy) is 2. The normalized spacial score (nSPS) is 13.0. The lowest BCUT2D eigenvalue weighted by Gasteiger charge is -2.29. The van der Waals surface area contributed by atoms with Crippen LogP contribution in [0, 0.1) is 11.8 Å². The number of amides is 1. The Labute approximate surface area is 155 Å². The number of hydrogen-bond donors (Lipinski definition) is 1. The number of hydrogen-bond acceptors (Lipinski definition) is 5. The molecule has 144 valence electrons. The van der Waals surface area contributed by atoms with Crippen molar-refractivity contribution >= 4 is 17.8 Å². The lowest BCUT2D eigenvalue weighted by Crippen LogP contribution is -2.47. The first-order valence-electron chi connectivity index (χ1n) is 9.11. The zero-order chi connectivity index (χ0) is 19.5. The maximum absolute atomic E-state index is 12.4. The highest BCUT2D eigenvalue weighted by Gasteiger charge is 2.39. The summed E-state index contributed by atoms with van der Waals surface area (Å²) in [6.45, 7) is 7.24. The first-order chi connectivity index (χ1) is 12.4. The summed E-state index contributed by atoms with van der Waals surface area (Å²) in [4.78, 5) is 36.7. The van der Waals surface area contributed by atoms with Crippen molar-refractivity contribution in [3.63, 3.8) is 0 Å². The van der Waals surface area contributed by atoms with E-state index in [1.807, 2.05) is 30.3 Å². The van der Waals surface area contributed by atoms with Crippen LogP contribution in [0.15, 0.2) is 30.3 Å². The highest BCUT2D eigenvalue weighted by Crippen LogP contribution is 2.22. The van der Waals surface area contributed by atoms with Gasteiger partial charge in [-0.1, -0.05) is 44.2 Å². The van der Waals surface area contributed by atoms with Crippen LogP contribution in [0.3, 0.4) is 0 Å². The molecular weight excluding hydrogens is 334 g/mol. The minimum Gasteiger partial charge on any atom is -0.465 e. The molecule has 0 spiro atoms. The average Bonchev–Trinajstić information content (AvgIpc) is 2.62. The molecule has 0 aliphatic carbocycles. The maximum atomic E-state index is 12.4. The van der Waals surface area contributed by atoms with Crippen LogP contribution in [0.2, 0.25) is 0 Å². The fourth-order valence-corrected chi connectivity index (χ4v) is 2.77. The van der Waals surface area contributed by atoms with E-state index >= 15 is 0 Å². The molecule has 1 amide bonds. The number of nitrogens with one attached hydrogen (secondary N) is 1. The molecular formula is C20H29NO5. The molecule has 0 heterocycles. The third-order valence-corrected chi connectivity index (χ3v) is 4.21. The maximum Gasteiger partial charge on any atom is 0.320 e. The molecule has 0 aromatic heterocycles. The predicted molar refractivity (Wildman–Crippen MR) is 98.3 cm³/mol. The largest absolute Gasteiger partial charge is 0.465 e. The van der Waals surface area contributed by atoms with Crippen molar-refractivity contribution in [3.05, 3.63) is 35.9 Å². The van der Waals surface area contributed by atoms with Gasteiger partial charge in [-0.05, 0) is 25.8 Å². The van der Waals surface area contributed by atoms with Crippen molar-refractivity contribution < 1.29 is 23.9 Å². The Hall–Kier alpha value is -2.37. The zero-order valence-corrected chi connectivity index (χ0v) is 16.0. The van der Waals surface area contributed by atoms with Gasteiger partial charge in [0, 0.05) is 18.4 Å². The highest BCUT2D eigenvalue weighted by atomic mass is 16.6. The molecule has 1 aromatic carbocycles. The summed E-state index contributed by atoms with van der Waals surface area (Å²) in [6, 6.07) is 9.22. The lowest BCUT2D eigenvalue weighted by molar-refractivity contribution is -0.165. The van der Waals surface area contributed by atoms with Gasteiger partial charge >= 0.3 is 11.9 Å². The van der Waals surface area contributed by atoms with Crippen molar-refractivity contribution in [2.45, 2.75) is 46.6 Å². The third-order valence-electron chi connectivity index (χ3n) is 4.21. The Morgan fingerprint density at radius 2 is 1.50 bits per heavy atom. The fraction of sp³-hybridized carbons (Fsp3) is 0.550. The number of carbonyl (C=O) groups excluding carboxylic acids is 3. The van der Waals surface area contributed by atoms with Gasteiger partial charge in [-0.25, -0.2) is 0 Å². The first-order valence-corrected chi connectivity index (χ1v) is 9.11. The van der Waals surface area contributed by atoms with Gasteiger partial charge in [-0.15, -0.1) is 0 Å². The molecule has 0 bridgehead atoms. The van der Waals surface area contributed by atoms with E-state index in [1.165, 1.54) is 0 Å². The summed E-state index contributed by atoms with van der Waals surface area (Å²) in [6.07, 6.45) is 0.824. The summed E-state index contributed by atoms with van der Waals surface area (Å²) >= 11 is 0. The second-order valence-corrected chi connectivity index (χ2v) is 6.06. The van der Waals surface area contributed by atoms with Crippen LogP contribution in [0.4, 0.5) is 0 Å². The molecule has 2 unspecified atom stereocenters. The van der Waals surface area contributed by atoms with Crippen molar-refractivity contribution in [1.29, 1.82) is 0 Å². The van der Waals surface area contributed by atoms with Gasteiger partial charge in [0.15, 0.2) is 5.92 Å². The second-order valence-electron chi connectivity index (χ2n) is 6.06. The smallest absolute Gasteiger partial charge is 0.320 e. The van der Waals surface area contributed by atoms with Crippen LogP contribution in [0.5, 0.6) is 0 Å². The van der Waals surface area contributed by atoms with Gasteiger partial charge in [-0.3, -0.25) is 14.4 Å². The molecule has 0 saturated heterocycles. The van der Waals surface area contributed by atoms with Gasteiger partial charge in [-0.2, -0.15) is 0 Å². The lowest BCUT2D eigenvalue weighted by atomic mass is 9.84. The average molecular weight is 363 g/mol. The van der Waals surface area contributed by atoms with E-state index in [4.69, 9.17) is 9.47 Å². The van der Waals surface area contributed by atoms with Crippen LogP contribution in [-0.2, 0) is 30.3 Å².